The lowest BCUT2D eigenvalue weighted by Crippen LogP contribution is -1.93. The summed E-state index contributed by atoms with van der Waals surface area (Å²) in [4.78, 5) is 10.1. The van der Waals surface area contributed by atoms with Gasteiger partial charge in [-0.05, 0) is 116 Å². The first-order valence-corrected chi connectivity index (χ1v) is 15.0. The third-order valence-electron chi connectivity index (χ3n) is 9.81. The zero-order valence-corrected chi connectivity index (χ0v) is 24.2. The van der Waals surface area contributed by atoms with Gasteiger partial charge in [0.2, 0.25) is 0 Å². The van der Waals surface area contributed by atoms with Gasteiger partial charge < -0.3 is 0 Å². The van der Waals surface area contributed by atoms with E-state index in [1.807, 2.05) is 6.20 Å². The molecule has 0 saturated carbocycles. The smallest absolute Gasteiger partial charge is 0.0796 e. The molecule has 0 saturated heterocycles. The molecule has 2 aliphatic carbocycles. The van der Waals surface area contributed by atoms with Crippen molar-refractivity contribution >= 4 is 43.2 Å². The molecule has 2 heteroatoms. The Kier molecular flexibility index (Phi) is 4.29. The van der Waals surface area contributed by atoms with Gasteiger partial charge in [0, 0.05) is 34.0 Å². The average Bonchev–Trinajstić information content (AvgIpc) is 3.53. The molecule has 200 valence electrons. The number of nitrogens with zero attached hydrogens (tertiary/aromatic N) is 2. The molecular formula is C41H26N2. The van der Waals surface area contributed by atoms with Crippen molar-refractivity contribution in [3.63, 3.8) is 0 Å². The Morgan fingerprint density at radius 1 is 0.465 bits per heavy atom. The summed E-state index contributed by atoms with van der Waals surface area (Å²) in [5.74, 6) is 0. The van der Waals surface area contributed by atoms with Gasteiger partial charge in [0.05, 0.1) is 11.2 Å². The molecule has 0 atom stereocenters. The van der Waals surface area contributed by atoms with Gasteiger partial charge >= 0.3 is 0 Å². The van der Waals surface area contributed by atoms with Crippen molar-refractivity contribution in [3.05, 3.63) is 120 Å². The van der Waals surface area contributed by atoms with E-state index < -0.39 is 0 Å². The van der Waals surface area contributed by atoms with Crippen LogP contribution in [0.2, 0.25) is 0 Å². The Labute approximate surface area is 249 Å². The molecule has 0 bridgehead atoms. The SMILES string of the molecule is Cc1ccc2c(c1)c(-c1ccc3c4c(cc(C)nc14)-c1ccccc1-3)cc1c3ccc(C)c4c3c(cc21)-c1ncccc1-4. The minimum atomic E-state index is 1.05. The summed E-state index contributed by atoms with van der Waals surface area (Å²) in [5, 5.41) is 8.97. The summed E-state index contributed by atoms with van der Waals surface area (Å²) in [7, 11) is 0. The molecule has 0 fully saturated rings. The van der Waals surface area contributed by atoms with Gasteiger partial charge in [-0.15, -0.1) is 0 Å². The van der Waals surface area contributed by atoms with Crippen molar-refractivity contribution in [2.24, 2.45) is 0 Å². The minimum Gasteiger partial charge on any atom is -0.256 e. The molecule has 2 nitrogen and oxygen atoms in total. The highest BCUT2D eigenvalue weighted by atomic mass is 14.7. The Morgan fingerprint density at radius 2 is 1.21 bits per heavy atom. The number of aromatic nitrogens is 2. The molecule has 0 N–H and O–H groups in total. The number of pyridine rings is 2. The number of aryl methyl sites for hydroxylation is 3. The van der Waals surface area contributed by atoms with Crippen molar-refractivity contribution in [1.82, 2.24) is 9.97 Å². The molecule has 43 heavy (non-hydrogen) atoms. The molecule has 0 amide bonds. The van der Waals surface area contributed by atoms with Gasteiger partial charge in [-0.25, -0.2) is 0 Å². The Balaban J connectivity index is 1.38. The molecule has 0 radical (unpaired) electrons. The number of hydrogen-bond acceptors (Lipinski definition) is 2. The fourth-order valence-electron chi connectivity index (χ4n) is 8.02. The van der Waals surface area contributed by atoms with Gasteiger partial charge in [-0.3, -0.25) is 9.97 Å². The summed E-state index contributed by atoms with van der Waals surface area (Å²) in [6.45, 7) is 6.53. The lowest BCUT2D eigenvalue weighted by atomic mass is 9.87. The molecule has 0 unspecified atom stereocenters. The van der Waals surface area contributed by atoms with Crippen LogP contribution in [0.1, 0.15) is 16.8 Å². The predicted octanol–water partition coefficient (Wildman–Crippen LogP) is 11.0. The van der Waals surface area contributed by atoms with E-state index in [1.54, 1.807) is 0 Å². The minimum absolute atomic E-state index is 1.05. The van der Waals surface area contributed by atoms with E-state index in [0.717, 1.165) is 16.9 Å². The van der Waals surface area contributed by atoms with Gasteiger partial charge in [0.25, 0.3) is 0 Å². The summed E-state index contributed by atoms with van der Waals surface area (Å²) in [5.41, 5.74) is 17.2. The average molecular weight is 547 g/mol. The Bertz CT molecular complexity index is 2590. The van der Waals surface area contributed by atoms with E-state index in [0.29, 0.717) is 0 Å². The molecule has 10 rings (SSSR count). The fraction of sp³-hybridized carbons (Fsp3) is 0.0732. The first-order chi connectivity index (χ1) is 21.1. The third kappa shape index (κ3) is 2.88. The second kappa shape index (κ2) is 7.93. The maximum Gasteiger partial charge on any atom is 0.0796 e. The quantitative estimate of drug-likeness (QED) is 0.191. The number of rotatable bonds is 1. The van der Waals surface area contributed by atoms with E-state index in [2.05, 4.69) is 118 Å². The molecule has 0 spiro atoms. The first kappa shape index (κ1) is 23.2. The second-order valence-electron chi connectivity index (χ2n) is 12.3. The molecule has 8 aromatic rings. The van der Waals surface area contributed by atoms with Crippen LogP contribution in [0.25, 0.3) is 99.0 Å². The highest BCUT2D eigenvalue weighted by molar-refractivity contribution is 6.29. The topological polar surface area (TPSA) is 25.8 Å². The van der Waals surface area contributed by atoms with Gasteiger partial charge in [0.1, 0.15) is 0 Å². The van der Waals surface area contributed by atoms with E-state index in [-0.39, 0.29) is 0 Å². The maximum absolute atomic E-state index is 5.24. The van der Waals surface area contributed by atoms with Crippen LogP contribution in [-0.4, -0.2) is 9.97 Å². The standard InChI is InChI=1S/C41H26N2/c1-21-10-12-26-31(17-21)34(29-15-14-27-24-7-4-5-8-25(24)35-18-23(3)43-41(29)39(27)35)19-33-28-13-11-22(2)37-30-9-6-16-42-40(30)36(38(28)37)20-32(26)33/h4-20H,1-3H3. The van der Waals surface area contributed by atoms with Crippen LogP contribution in [-0.2, 0) is 0 Å². The van der Waals surface area contributed by atoms with Gasteiger partial charge in [0.15, 0.2) is 0 Å². The lowest BCUT2D eigenvalue weighted by Gasteiger charge is -2.17. The Hall–Kier alpha value is -5.34. The molecular weight excluding hydrogens is 520 g/mol. The molecule has 0 aliphatic heterocycles. The lowest BCUT2D eigenvalue weighted by molar-refractivity contribution is 1.26. The number of benzene rings is 6. The van der Waals surface area contributed by atoms with Crippen molar-refractivity contribution in [1.29, 1.82) is 0 Å². The molecule has 6 aromatic carbocycles. The van der Waals surface area contributed by atoms with Crippen LogP contribution in [0.4, 0.5) is 0 Å². The van der Waals surface area contributed by atoms with Crippen LogP contribution < -0.4 is 0 Å². The van der Waals surface area contributed by atoms with Crippen LogP contribution in [0.15, 0.2) is 103 Å². The van der Waals surface area contributed by atoms with E-state index in [1.165, 1.54) is 98.9 Å². The Morgan fingerprint density at radius 3 is 2.09 bits per heavy atom. The van der Waals surface area contributed by atoms with E-state index in [9.17, 15) is 0 Å². The van der Waals surface area contributed by atoms with E-state index >= 15 is 0 Å². The van der Waals surface area contributed by atoms with Gasteiger partial charge in [-0.1, -0.05) is 78.4 Å². The largest absolute Gasteiger partial charge is 0.256 e. The normalized spacial score (nSPS) is 12.5. The maximum atomic E-state index is 5.24. The number of hydrogen-bond donors (Lipinski definition) is 0. The monoisotopic (exact) mass is 546 g/mol. The highest BCUT2D eigenvalue weighted by Gasteiger charge is 2.28. The second-order valence-corrected chi connectivity index (χ2v) is 12.3. The van der Waals surface area contributed by atoms with Crippen LogP contribution in [0.3, 0.4) is 0 Å². The molecule has 2 aromatic heterocycles. The van der Waals surface area contributed by atoms with Crippen molar-refractivity contribution in [3.8, 4) is 55.8 Å². The number of fused-ring (bicyclic) bond motifs is 10. The van der Waals surface area contributed by atoms with Crippen molar-refractivity contribution < 1.29 is 0 Å². The van der Waals surface area contributed by atoms with Crippen LogP contribution in [0.5, 0.6) is 0 Å². The van der Waals surface area contributed by atoms with Crippen LogP contribution >= 0.6 is 0 Å². The van der Waals surface area contributed by atoms with Crippen molar-refractivity contribution in [2.75, 3.05) is 0 Å². The first-order valence-electron chi connectivity index (χ1n) is 15.0. The molecule has 2 heterocycles. The molecule has 2 aliphatic rings. The van der Waals surface area contributed by atoms with Gasteiger partial charge in [-0.2, -0.15) is 0 Å². The summed E-state index contributed by atoms with van der Waals surface area (Å²) >= 11 is 0. The zero-order chi connectivity index (χ0) is 28.6. The predicted molar refractivity (Wildman–Crippen MR) is 181 cm³/mol. The third-order valence-corrected chi connectivity index (χ3v) is 9.81. The summed E-state index contributed by atoms with van der Waals surface area (Å²) in [6.07, 6.45) is 1.92. The summed E-state index contributed by atoms with van der Waals surface area (Å²) < 4.78 is 0. The summed E-state index contributed by atoms with van der Waals surface area (Å²) in [6, 6.07) is 36.3. The van der Waals surface area contributed by atoms with E-state index in [4.69, 9.17) is 9.97 Å². The fourth-order valence-corrected chi connectivity index (χ4v) is 8.02. The van der Waals surface area contributed by atoms with Crippen molar-refractivity contribution in [2.45, 2.75) is 20.8 Å². The zero-order valence-electron chi connectivity index (χ0n) is 24.2. The highest BCUT2D eigenvalue weighted by Crippen LogP contribution is 2.53. The van der Waals surface area contributed by atoms with Crippen LogP contribution in [0, 0.1) is 20.8 Å².